The van der Waals surface area contributed by atoms with E-state index < -0.39 is 5.97 Å². The van der Waals surface area contributed by atoms with Crippen molar-refractivity contribution in [1.29, 1.82) is 0 Å². The summed E-state index contributed by atoms with van der Waals surface area (Å²) in [5.41, 5.74) is 0.422. The fraction of sp³-hybridized carbons (Fsp3) is 0.100. The summed E-state index contributed by atoms with van der Waals surface area (Å²) in [7, 11) is 1.23. The predicted octanol–water partition coefficient (Wildman–Crippen LogP) is 0.622. The molecule has 1 rings (SSSR count). The van der Waals surface area contributed by atoms with Crippen LogP contribution in [0.25, 0.3) is 0 Å². The van der Waals surface area contributed by atoms with Crippen LogP contribution in [-0.2, 0) is 9.53 Å². The number of methoxy groups -OCH3 is 1. The van der Waals surface area contributed by atoms with Gasteiger partial charge in [-0.3, -0.25) is 0 Å². The normalized spacial score (nSPS) is 8.64. The van der Waals surface area contributed by atoms with E-state index >= 15 is 0 Å². The molecule has 0 aliphatic rings. The topological polar surface area (TPSA) is 66.8 Å². The molecule has 0 bridgehead atoms. The molecule has 72 valence electrons. The number of carbonyl (C=O) groups is 1. The zero-order valence-electron chi connectivity index (χ0n) is 7.44. The number of benzene rings is 1. The average Bonchev–Trinajstić information content (AvgIpc) is 2.19. The van der Waals surface area contributed by atoms with Crippen molar-refractivity contribution < 1.29 is 19.7 Å². The van der Waals surface area contributed by atoms with Gasteiger partial charge >= 0.3 is 5.97 Å². The first kappa shape index (κ1) is 9.93. The Hall–Kier alpha value is -2.15. The third-order valence-electron chi connectivity index (χ3n) is 1.47. The van der Waals surface area contributed by atoms with E-state index in [2.05, 4.69) is 16.6 Å². The Balaban J connectivity index is 2.91. The van der Waals surface area contributed by atoms with Crippen LogP contribution in [0, 0.1) is 11.8 Å². The fourth-order valence-electron chi connectivity index (χ4n) is 0.775. The minimum Gasteiger partial charge on any atom is -0.504 e. The van der Waals surface area contributed by atoms with Crippen molar-refractivity contribution in [3.8, 4) is 23.3 Å². The minimum atomic E-state index is -0.655. The van der Waals surface area contributed by atoms with E-state index in [1.165, 1.54) is 25.3 Å². The maximum absolute atomic E-state index is 10.6. The molecule has 0 heterocycles. The standard InChI is InChI=1S/C10H8O4/c1-14-10(13)5-3-7-2-4-8(11)9(12)6-7/h2,4,6,11-12H,1H3. The third kappa shape index (κ3) is 2.42. The highest BCUT2D eigenvalue weighted by Crippen LogP contribution is 2.24. The van der Waals surface area contributed by atoms with Crippen molar-refractivity contribution in [3.05, 3.63) is 23.8 Å². The number of esters is 1. The summed E-state index contributed by atoms with van der Waals surface area (Å²) in [5.74, 6) is 3.50. The van der Waals surface area contributed by atoms with Crippen LogP contribution < -0.4 is 0 Å². The van der Waals surface area contributed by atoms with Gasteiger partial charge in [-0.15, -0.1) is 0 Å². The second-order valence-corrected chi connectivity index (χ2v) is 2.45. The van der Waals surface area contributed by atoms with Gasteiger partial charge in [0, 0.05) is 11.5 Å². The Kier molecular flexibility index (Phi) is 2.97. The van der Waals surface area contributed by atoms with Gasteiger partial charge in [-0.05, 0) is 18.2 Å². The summed E-state index contributed by atoms with van der Waals surface area (Å²) in [4.78, 5) is 10.6. The van der Waals surface area contributed by atoms with E-state index in [0.29, 0.717) is 5.56 Å². The Bertz CT molecular complexity index is 412. The number of phenolic OH excluding ortho intramolecular Hbond substituents is 2. The molecule has 0 aliphatic carbocycles. The second kappa shape index (κ2) is 4.19. The molecule has 1 aromatic rings. The molecule has 0 aromatic heterocycles. The van der Waals surface area contributed by atoms with E-state index in [9.17, 15) is 4.79 Å². The van der Waals surface area contributed by atoms with Gasteiger partial charge in [-0.2, -0.15) is 0 Å². The van der Waals surface area contributed by atoms with Crippen molar-refractivity contribution in [2.75, 3.05) is 7.11 Å². The minimum absolute atomic E-state index is 0.228. The number of phenols is 2. The van der Waals surface area contributed by atoms with Gasteiger partial charge in [0.15, 0.2) is 11.5 Å². The quantitative estimate of drug-likeness (QED) is 0.359. The molecule has 0 aliphatic heterocycles. The Morgan fingerprint density at radius 2 is 2.07 bits per heavy atom. The van der Waals surface area contributed by atoms with E-state index in [0.717, 1.165) is 0 Å². The summed E-state index contributed by atoms with van der Waals surface area (Å²) in [6, 6.07) is 4.02. The van der Waals surface area contributed by atoms with Gasteiger partial charge in [0.25, 0.3) is 0 Å². The largest absolute Gasteiger partial charge is 0.504 e. The molecule has 0 atom stereocenters. The van der Waals surface area contributed by atoms with Gasteiger partial charge in [0.1, 0.15) is 0 Å². The Morgan fingerprint density at radius 1 is 1.36 bits per heavy atom. The van der Waals surface area contributed by atoms with Gasteiger partial charge in [-0.25, -0.2) is 4.79 Å². The van der Waals surface area contributed by atoms with Crippen LogP contribution in [0.3, 0.4) is 0 Å². The number of hydrogen-bond donors (Lipinski definition) is 2. The molecule has 0 spiro atoms. The zero-order valence-corrected chi connectivity index (χ0v) is 7.44. The lowest BCUT2D eigenvalue weighted by Gasteiger charge is -1.96. The van der Waals surface area contributed by atoms with Gasteiger partial charge < -0.3 is 14.9 Å². The van der Waals surface area contributed by atoms with Crippen LogP contribution in [0.15, 0.2) is 18.2 Å². The Morgan fingerprint density at radius 3 is 2.64 bits per heavy atom. The summed E-state index contributed by atoms with van der Waals surface area (Å²) in [5, 5.41) is 18.1. The monoisotopic (exact) mass is 192 g/mol. The number of aromatic hydroxyl groups is 2. The number of rotatable bonds is 0. The first-order valence-electron chi connectivity index (χ1n) is 3.75. The lowest BCUT2D eigenvalue weighted by Crippen LogP contribution is -1.94. The maximum Gasteiger partial charge on any atom is 0.384 e. The molecular formula is C10H8O4. The second-order valence-electron chi connectivity index (χ2n) is 2.45. The highest BCUT2D eigenvalue weighted by Gasteiger charge is 1.98. The predicted molar refractivity (Wildman–Crippen MR) is 48.7 cm³/mol. The molecule has 0 fully saturated rings. The highest BCUT2D eigenvalue weighted by atomic mass is 16.5. The lowest BCUT2D eigenvalue weighted by molar-refractivity contribution is -0.133. The van der Waals surface area contributed by atoms with E-state index in [-0.39, 0.29) is 11.5 Å². The van der Waals surface area contributed by atoms with Gasteiger partial charge in [-0.1, -0.05) is 5.92 Å². The summed E-state index contributed by atoms with van der Waals surface area (Å²) in [6.07, 6.45) is 0. The van der Waals surface area contributed by atoms with Crippen LogP contribution >= 0.6 is 0 Å². The molecule has 14 heavy (non-hydrogen) atoms. The van der Waals surface area contributed by atoms with Crippen LogP contribution in [-0.4, -0.2) is 23.3 Å². The van der Waals surface area contributed by atoms with Crippen molar-refractivity contribution >= 4 is 5.97 Å². The summed E-state index contributed by atoms with van der Waals surface area (Å²) >= 11 is 0. The molecule has 0 radical (unpaired) electrons. The summed E-state index contributed by atoms with van der Waals surface area (Å²) in [6.45, 7) is 0. The molecule has 4 heteroatoms. The van der Waals surface area contributed by atoms with Gasteiger partial charge in [0.05, 0.1) is 7.11 Å². The smallest absolute Gasteiger partial charge is 0.384 e. The van der Waals surface area contributed by atoms with E-state index in [1.807, 2.05) is 0 Å². The molecule has 1 aromatic carbocycles. The molecule has 0 amide bonds. The molecule has 0 saturated carbocycles. The van der Waals surface area contributed by atoms with Gasteiger partial charge in [0.2, 0.25) is 0 Å². The molecule has 4 nitrogen and oxygen atoms in total. The first-order chi connectivity index (χ1) is 6.63. The van der Waals surface area contributed by atoms with Crippen molar-refractivity contribution in [1.82, 2.24) is 0 Å². The maximum atomic E-state index is 10.6. The zero-order chi connectivity index (χ0) is 10.6. The number of carbonyl (C=O) groups excluding carboxylic acids is 1. The van der Waals surface area contributed by atoms with Crippen molar-refractivity contribution in [2.24, 2.45) is 0 Å². The number of hydrogen-bond acceptors (Lipinski definition) is 4. The molecule has 2 N–H and O–H groups in total. The highest BCUT2D eigenvalue weighted by molar-refractivity contribution is 5.89. The van der Waals surface area contributed by atoms with Crippen LogP contribution in [0.5, 0.6) is 11.5 Å². The Labute approximate surface area is 80.8 Å². The van der Waals surface area contributed by atoms with Crippen LogP contribution in [0.4, 0.5) is 0 Å². The molecule has 0 unspecified atom stereocenters. The van der Waals surface area contributed by atoms with E-state index in [1.54, 1.807) is 0 Å². The third-order valence-corrected chi connectivity index (χ3v) is 1.47. The lowest BCUT2D eigenvalue weighted by atomic mass is 10.2. The first-order valence-corrected chi connectivity index (χ1v) is 3.75. The number of ether oxygens (including phenoxy) is 1. The molecular weight excluding hydrogens is 184 g/mol. The van der Waals surface area contributed by atoms with Crippen LogP contribution in [0.1, 0.15) is 5.56 Å². The average molecular weight is 192 g/mol. The fourth-order valence-corrected chi connectivity index (χ4v) is 0.775. The van der Waals surface area contributed by atoms with E-state index in [4.69, 9.17) is 10.2 Å². The van der Waals surface area contributed by atoms with Crippen LogP contribution in [0.2, 0.25) is 0 Å². The van der Waals surface area contributed by atoms with Crippen molar-refractivity contribution in [2.45, 2.75) is 0 Å². The summed E-state index contributed by atoms with van der Waals surface area (Å²) < 4.78 is 4.30. The molecule has 0 saturated heterocycles. The SMILES string of the molecule is COC(=O)C#Cc1ccc(O)c(O)c1. The van der Waals surface area contributed by atoms with Crippen molar-refractivity contribution in [3.63, 3.8) is 0 Å².